The molecule has 0 saturated carbocycles. The van der Waals surface area contributed by atoms with E-state index >= 15 is 0 Å². The van der Waals surface area contributed by atoms with Crippen molar-refractivity contribution in [1.82, 2.24) is 15.2 Å². The maximum absolute atomic E-state index is 5.81. The minimum absolute atomic E-state index is 0.444. The Hall–Kier alpha value is -1.95. The van der Waals surface area contributed by atoms with Crippen molar-refractivity contribution in [3.8, 4) is 0 Å². The molecule has 3 rings (SSSR count). The number of hydrogen-bond acceptors (Lipinski definition) is 6. The number of anilines is 2. The standard InChI is InChI=1S/C11H13N5O/c12-10-8-1-2-13-7-9(8)11(15-14-10)16-3-5-17-6-4-16/h1-2,7H,3-6H2,(H2,12,14). The number of nitrogens with zero attached hydrogens (tertiary/aromatic N) is 4. The van der Waals surface area contributed by atoms with Gasteiger partial charge in [-0.15, -0.1) is 10.2 Å². The number of fused-ring (bicyclic) bond motifs is 1. The molecule has 0 bridgehead atoms. The van der Waals surface area contributed by atoms with Crippen LogP contribution in [0.1, 0.15) is 0 Å². The van der Waals surface area contributed by atoms with Crippen LogP contribution in [0, 0.1) is 0 Å². The second-order valence-corrected chi connectivity index (χ2v) is 3.93. The molecule has 6 heteroatoms. The predicted octanol–water partition coefficient (Wildman–Crippen LogP) is 0.444. The zero-order chi connectivity index (χ0) is 11.7. The minimum atomic E-state index is 0.444. The van der Waals surface area contributed by atoms with E-state index in [0.717, 1.165) is 29.7 Å². The SMILES string of the molecule is Nc1nnc(N2CCOCC2)c2cnccc12. The first-order valence-electron chi connectivity index (χ1n) is 5.55. The summed E-state index contributed by atoms with van der Waals surface area (Å²) in [4.78, 5) is 6.28. The highest BCUT2D eigenvalue weighted by molar-refractivity contribution is 5.97. The average Bonchev–Trinajstić information content (AvgIpc) is 2.41. The molecule has 1 saturated heterocycles. The van der Waals surface area contributed by atoms with Gasteiger partial charge in [-0.3, -0.25) is 4.98 Å². The predicted molar refractivity (Wildman–Crippen MR) is 64.8 cm³/mol. The lowest BCUT2D eigenvalue weighted by Crippen LogP contribution is -2.37. The lowest BCUT2D eigenvalue weighted by Gasteiger charge is -2.28. The van der Waals surface area contributed by atoms with Gasteiger partial charge in [0.2, 0.25) is 0 Å². The molecule has 0 unspecified atom stereocenters. The Morgan fingerprint density at radius 3 is 2.82 bits per heavy atom. The van der Waals surface area contributed by atoms with Gasteiger partial charge in [0.1, 0.15) is 0 Å². The van der Waals surface area contributed by atoms with Crippen LogP contribution in [0.4, 0.5) is 11.6 Å². The Labute approximate surface area is 98.4 Å². The van der Waals surface area contributed by atoms with Crippen LogP contribution in [-0.2, 0) is 4.74 Å². The summed E-state index contributed by atoms with van der Waals surface area (Å²) in [5.41, 5.74) is 5.81. The molecule has 0 aliphatic carbocycles. The quantitative estimate of drug-likeness (QED) is 0.767. The lowest BCUT2D eigenvalue weighted by molar-refractivity contribution is 0.122. The van der Waals surface area contributed by atoms with Gasteiger partial charge in [-0.05, 0) is 6.07 Å². The van der Waals surface area contributed by atoms with Crippen molar-refractivity contribution in [3.05, 3.63) is 18.5 Å². The average molecular weight is 231 g/mol. The highest BCUT2D eigenvalue weighted by Gasteiger charge is 2.16. The molecule has 17 heavy (non-hydrogen) atoms. The van der Waals surface area contributed by atoms with Gasteiger partial charge in [-0.1, -0.05) is 0 Å². The number of nitrogen functional groups attached to an aromatic ring is 1. The first-order valence-corrected chi connectivity index (χ1v) is 5.55. The summed E-state index contributed by atoms with van der Waals surface area (Å²) in [5.74, 6) is 1.28. The van der Waals surface area contributed by atoms with Crippen LogP contribution < -0.4 is 10.6 Å². The molecule has 0 atom stereocenters. The number of rotatable bonds is 1. The molecule has 88 valence electrons. The number of hydrogen-bond donors (Lipinski definition) is 1. The molecule has 0 radical (unpaired) electrons. The highest BCUT2D eigenvalue weighted by atomic mass is 16.5. The van der Waals surface area contributed by atoms with E-state index in [1.807, 2.05) is 6.07 Å². The first-order chi connectivity index (χ1) is 8.36. The third-order valence-electron chi connectivity index (χ3n) is 2.90. The Balaban J connectivity index is 2.12. The van der Waals surface area contributed by atoms with Gasteiger partial charge in [0.25, 0.3) is 0 Å². The molecule has 2 aromatic rings. The van der Waals surface area contributed by atoms with E-state index in [1.165, 1.54) is 0 Å². The molecular weight excluding hydrogens is 218 g/mol. The molecule has 3 heterocycles. The van der Waals surface area contributed by atoms with E-state index in [4.69, 9.17) is 10.5 Å². The molecule has 6 nitrogen and oxygen atoms in total. The molecule has 1 fully saturated rings. The number of ether oxygens (including phenoxy) is 1. The first kappa shape index (κ1) is 10.2. The van der Waals surface area contributed by atoms with Crippen molar-refractivity contribution in [2.24, 2.45) is 0 Å². The Kier molecular flexibility index (Phi) is 2.49. The van der Waals surface area contributed by atoms with E-state index in [2.05, 4.69) is 20.1 Å². The molecule has 2 N–H and O–H groups in total. The van der Waals surface area contributed by atoms with Gasteiger partial charge >= 0.3 is 0 Å². The van der Waals surface area contributed by atoms with Crippen molar-refractivity contribution in [3.63, 3.8) is 0 Å². The topological polar surface area (TPSA) is 77.2 Å². The second-order valence-electron chi connectivity index (χ2n) is 3.93. The van der Waals surface area contributed by atoms with E-state index in [0.29, 0.717) is 19.0 Å². The van der Waals surface area contributed by atoms with Gasteiger partial charge in [0, 0.05) is 36.3 Å². The summed E-state index contributed by atoms with van der Waals surface area (Å²) in [7, 11) is 0. The number of morpholine rings is 1. The van der Waals surface area contributed by atoms with E-state index < -0.39 is 0 Å². The molecule has 0 spiro atoms. The molecule has 1 aliphatic rings. The van der Waals surface area contributed by atoms with Crippen LogP contribution in [0.2, 0.25) is 0 Å². The molecule has 2 aromatic heterocycles. The van der Waals surface area contributed by atoms with Crippen LogP contribution in [0.3, 0.4) is 0 Å². The van der Waals surface area contributed by atoms with Crippen LogP contribution in [-0.4, -0.2) is 41.5 Å². The van der Waals surface area contributed by atoms with E-state index in [9.17, 15) is 0 Å². The van der Waals surface area contributed by atoms with Gasteiger partial charge in [0.05, 0.1) is 13.2 Å². The van der Waals surface area contributed by atoms with Gasteiger partial charge < -0.3 is 15.4 Å². The number of aromatic nitrogens is 3. The number of pyridine rings is 1. The Morgan fingerprint density at radius 2 is 2.00 bits per heavy atom. The zero-order valence-corrected chi connectivity index (χ0v) is 9.33. The van der Waals surface area contributed by atoms with Crippen molar-refractivity contribution >= 4 is 22.4 Å². The Bertz CT molecular complexity index is 538. The van der Waals surface area contributed by atoms with Crippen molar-refractivity contribution in [1.29, 1.82) is 0 Å². The smallest absolute Gasteiger partial charge is 0.161 e. The second kappa shape index (κ2) is 4.14. The van der Waals surface area contributed by atoms with E-state index in [1.54, 1.807) is 12.4 Å². The van der Waals surface area contributed by atoms with Gasteiger partial charge in [-0.25, -0.2) is 0 Å². The molecular formula is C11H13N5O. The number of nitrogens with two attached hydrogens (primary N) is 1. The summed E-state index contributed by atoms with van der Waals surface area (Å²) in [6.07, 6.45) is 3.49. The summed E-state index contributed by atoms with van der Waals surface area (Å²) < 4.78 is 5.33. The van der Waals surface area contributed by atoms with Crippen molar-refractivity contribution in [2.45, 2.75) is 0 Å². The maximum atomic E-state index is 5.81. The van der Waals surface area contributed by atoms with Crippen molar-refractivity contribution < 1.29 is 4.74 Å². The van der Waals surface area contributed by atoms with Gasteiger partial charge in [0.15, 0.2) is 11.6 Å². The fourth-order valence-electron chi connectivity index (χ4n) is 2.01. The van der Waals surface area contributed by atoms with Crippen LogP contribution in [0.15, 0.2) is 18.5 Å². The summed E-state index contributed by atoms with van der Waals surface area (Å²) in [6, 6.07) is 1.86. The van der Waals surface area contributed by atoms with Crippen molar-refractivity contribution in [2.75, 3.05) is 36.9 Å². The van der Waals surface area contributed by atoms with Gasteiger partial charge in [-0.2, -0.15) is 0 Å². The van der Waals surface area contributed by atoms with Crippen LogP contribution in [0.5, 0.6) is 0 Å². The highest BCUT2D eigenvalue weighted by Crippen LogP contribution is 2.26. The Morgan fingerprint density at radius 1 is 1.18 bits per heavy atom. The maximum Gasteiger partial charge on any atom is 0.161 e. The third-order valence-corrected chi connectivity index (χ3v) is 2.90. The minimum Gasteiger partial charge on any atom is -0.382 e. The normalized spacial score (nSPS) is 16.4. The largest absolute Gasteiger partial charge is 0.382 e. The molecule has 0 aromatic carbocycles. The molecule has 0 amide bonds. The van der Waals surface area contributed by atoms with Crippen LogP contribution >= 0.6 is 0 Å². The fourth-order valence-corrected chi connectivity index (χ4v) is 2.01. The fraction of sp³-hybridized carbons (Fsp3) is 0.364. The zero-order valence-electron chi connectivity index (χ0n) is 9.33. The summed E-state index contributed by atoms with van der Waals surface area (Å²) in [6.45, 7) is 3.08. The summed E-state index contributed by atoms with van der Waals surface area (Å²) >= 11 is 0. The molecule has 1 aliphatic heterocycles. The van der Waals surface area contributed by atoms with Crippen LogP contribution in [0.25, 0.3) is 10.8 Å². The monoisotopic (exact) mass is 231 g/mol. The summed E-state index contributed by atoms with van der Waals surface area (Å²) in [5, 5.41) is 10.0. The third kappa shape index (κ3) is 1.76. The van der Waals surface area contributed by atoms with E-state index in [-0.39, 0.29) is 0 Å². The lowest BCUT2D eigenvalue weighted by atomic mass is 10.2.